The van der Waals surface area contributed by atoms with E-state index in [4.69, 9.17) is 0 Å². The third kappa shape index (κ3) is 5.84. The molecule has 0 heterocycles. The van der Waals surface area contributed by atoms with Gasteiger partial charge in [-0.05, 0) is 38.8 Å². The van der Waals surface area contributed by atoms with Gasteiger partial charge >= 0.3 is 0 Å². The second kappa shape index (κ2) is 8.06. The van der Waals surface area contributed by atoms with Gasteiger partial charge in [-0.25, -0.2) is 0 Å². The highest BCUT2D eigenvalue weighted by Gasteiger charge is 2.23. The first kappa shape index (κ1) is 14.9. The van der Waals surface area contributed by atoms with E-state index in [2.05, 4.69) is 31.1 Å². The van der Waals surface area contributed by atoms with Crippen molar-refractivity contribution in [2.75, 3.05) is 26.7 Å². The fourth-order valence-corrected chi connectivity index (χ4v) is 2.79. The highest BCUT2D eigenvalue weighted by Crippen LogP contribution is 2.26. The van der Waals surface area contributed by atoms with E-state index in [-0.39, 0.29) is 6.10 Å². The van der Waals surface area contributed by atoms with E-state index in [1.165, 1.54) is 25.7 Å². The lowest BCUT2D eigenvalue weighted by atomic mass is 9.86. The SMILES string of the molecule is CCCNCC(O)CN(C)C1CCCC(C)C1. The standard InChI is InChI=1S/C14H30N2O/c1-4-8-15-10-14(17)11-16(3)13-7-5-6-12(2)9-13/h12-15,17H,4-11H2,1-3H3. The van der Waals surface area contributed by atoms with Crippen molar-refractivity contribution < 1.29 is 5.11 Å². The summed E-state index contributed by atoms with van der Waals surface area (Å²) in [4.78, 5) is 2.36. The lowest BCUT2D eigenvalue weighted by Gasteiger charge is -2.35. The van der Waals surface area contributed by atoms with Crippen LogP contribution in [-0.2, 0) is 0 Å². The van der Waals surface area contributed by atoms with Crippen LogP contribution in [0.15, 0.2) is 0 Å². The molecule has 0 aliphatic heterocycles. The van der Waals surface area contributed by atoms with Gasteiger partial charge in [-0.15, -0.1) is 0 Å². The summed E-state index contributed by atoms with van der Waals surface area (Å²) >= 11 is 0. The number of nitrogens with zero attached hydrogens (tertiary/aromatic N) is 1. The van der Waals surface area contributed by atoms with Crippen molar-refractivity contribution in [3.05, 3.63) is 0 Å². The zero-order valence-corrected chi connectivity index (χ0v) is 11.8. The molecule has 3 atom stereocenters. The summed E-state index contributed by atoms with van der Waals surface area (Å²) in [7, 11) is 2.16. The van der Waals surface area contributed by atoms with Crippen molar-refractivity contribution in [3.8, 4) is 0 Å². The summed E-state index contributed by atoms with van der Waals surface area (Å²) in [5.41, 5.74) is 0. The van der Waals surface area contributed by atoms with Crippen molar-refractivity contribution in [3.63, 3.8) is 0 Å². The number of aliphatic hydroxyl groups excluding tert-OH is 1. The predicted molar refractivity (Wildman–Crippen MR) is 73.2 cm³/mol. The Bertz CT molecular complexity index is 199. The Morgan fingerprint density at radius 2 is 2.18 bits per heavy atom. The van der Waals surface area contributed by atoms with Crippen LogP contribution >= 0.6 is 0 Å². The van der Waals surface area contributed by atoms with Gasteiger partial charge in [-0.3, -0.25) is 0 Å². The second-order valence-corrected chi connectivity index (χ2v) is 5.72. The van der Waals surface area contributed by atoms with Gasteiger partial charge in [0.05, 0.1) is 6.10 Å². The van der Waals surface area contributed by atoms with E-state index >= 15 is 0 Å². The molecule has 17 heavy (non-hydrogen) atoms. The molecule has 0 spiro atoms. The normalized spacial score (nSPS) is 27.4. The minimum atomic E-state index is -0.233. The van der Waals surface area contributed by atoms with Crippen molar-refractivity contribution in [1.29, 1.82) is 0 Å². The lowest BCUT2D eigenvalue weighted by Crippen LogP contribution is -2.43. The Balaban J connectivity index is 2.20. The molecule has 0 bridgehead atoms. The van der Waals surface area contributed by atoms with Gasteiger partial charge in [0.15, 0.2) is 0 Å². The van der Waals surface area contributed by atoms with Crippen LogP contribution in [0.5, 0.6) is 0 Å². The molecule has 3 unspecified atom stereocenters. The first-order chi connectivity index (χ1) is 8.13. The Morgan fingerprint density at radius 1 is 1.41 bits per heavy atom. The quantitative estimate of drug-likeness (QED) is 0.669. The minimum Gasteiger partial charge on any atom is -0.390 e. The van der Waals surface area contributed by atoms with Crippen LogP contribution in [-0.4, -0.2) is 48.8 Å². The lowest BCUT2D eigenvalue weighted by molar-refractivity contribution is 0.0828. The number of aliphatic hydroxyl groups is 1. The molecular weight excluding hydrogens is 212 g/mol. The molecule has 0 amide bonds. The fraction of sp³-hybridized carbons (Fsp3) is 1.00. The van der Waals surface area contributed by atoms with Crippen LogP contribution in [0, 0.1) is 5.92 Å². The predicted octanol–water partition coefficient (Wildman–Crippen LogP) is 1.86. The highest BCUT2D eigenvalue weighted by atomic mass is 16.3. The minimum absolute atomic E-state index is 0.233. The molecule has 102 valence electrons. The Labute approximate surface area is 107 Å². The van der Waals surface area contributed by atoms with Crippen molar-refractivity contribution >= 4 is 0 Å². The van der Waals surface area contributed by atoms with E-state index in [0.717, 1.165) is 32.0 Å². The summed E-state index contributed by atoms with van der Waals surface area (Å²) in [6, 6.07) is 0.680. The van der Waals surface area contributed by atoms with Gasteiger partial charge in [-0.1, -0.05) is 26.7 Å². The van der Waals surface area contributed by atoms with Crippen LogP contribution < -0.4 is 5.32 Å². The van der Waals surface area contributed by atoms with Crippen LogP contribution in [0.25, 0.3) is 0 Å². The topological polar surface area (TPSA) is 35.5 Å². The summed E-state index contributed by atoms with van der Waals surface area (Å²) in [6.45, 7) is 7.02. The van der Waals surface area contributed by atoms with Crippen molar-refractivity contribution in [2.24, 2.45) is 5.92 Å². The van der Waals surface area contributed by atoms with Gasteiger partial charge < -0.3 is 15.3 Å². The number of rotatable bonds is 7. The van der Waals surface area contributed by atoms with Gasteiger partial charge in [0, 0.05) is 19.1 Å². The van der Waals surface area contributed by atoms with E-state index in [1.807, 2.05) is 0 Å². The monoisotopic (exact) mass is 242 g/mol. The molecule has 0 aromatic carbocycles. The molecule has 1 rings (SSSR count). The van der Waals surface area contributed by atoms with Crippen LogP contribution in [0.4, 0.5) is 0 Å². The average molecular weight is 242 g/mol. The molecule has 3 nitrogen and oxygen atoms in total. The zero-order valence-electron chi connectivity index (χ0n) is 11.8. The molecule has 1 aliphatic rings. The number of hydrogen-bond acceptors (Lipinski definition) is 3. The third-order valence-corrected chi connectivity index (χ3v) is 3.84. The highest BCUT2D eigenvalue weighted by molar-refractivity contribution is 4.78. The molecule has 0 saturated heterocycles. The van der Waals surface area contributed by atoms with Crippen molar-refractivity contribution in [2.45, 2.75) is 58.1 Å². The fourth-order valence-electron chi connectivity index (χ4n) is 2.79. The average Bonchev–Trinajstić information content (AvgIpc) is 2.29. The first-order valence-electron chi connectivity index (χ1n) is 7.22. The smallest absolute Gasteiger partial charge is 0.0791 e. The zero-order chi connectivity index (χ0) is 12.7. The van der Waals surface area contributed by atoms with Gasteiger partial charge in [0.2, 0.25) is 0 Å². The van der Waals surface area contributed by atoms with Crippen LogP contribution in [0.3, 0.4) is 0 Å². The molecule has 3 heteroatoms. The summed E-state index contributed by atoms with van der Waals surface area (Å²) in [6.07, 6.45) is 6.22. The first-order valence-corrected chi connectivity index (χ1v) is 7.22. The van der Waals surface area contributed by atoms with Crippen LogP contribution in [0.2, 0.25) is 0 Å². The van der Waals surface area contributed by atoms with E-state index in [1.54, 1.807) is 0 Å². The van der Waals surface area contributed by atoms with Gasteiger partial charge in [0.25, 0.3) is 0 Å². The maximum atomic E-state index is 9.94. The summed E-state index contributed by atoms with van der Waals surface area (Å²) in [5, 5.41) is 13.2. The Hall–Kier alpha value is -0.120. The van der Waals surface area contributed by atoms with Gasteiger partial charge in [0.1, 0.15) is 0 Å². The molecule has 0 radical (unpaired) electrons. The number of likely N-dealkylation sites (N-methyl/N-ethyl adjacent to an activating group) is 1. The molecule has 2 N–H and O–H groups in total. The molecule has 1 aliphatic carbocycles. The van der Waals surface area contributed by atoms with E-state index < -0.39 is 0 Å². The molecular formula is C14H30N2O. The molecule has 1 saturated carbocycles. The molecule has 0 aromatic rings. The number of nitrogens with one attached hydrogen (secondary N) is 1. The Kier molecular flexibility index (Phi) is 7.09. The largest absolute Gasteiger partial charge is 0.390 e. The van der Waals surface area contributed by atoms with Crippen LogP contribution in [0.1, 0.15) is 46.0 Å². The second-order valence-electron chi connectivity index (χ2n) is 5.72. The maximum Gasteiger partial charge on any atom is 0.0791 e. The van der Waals surface area contributed by atoms with E-state index in [0.29, 0.717) is 6.04 Å². The summed E-state index contributed by atoms with van der Waals surface area (Å²) < 4.78 is 0. The maximum absolute atomic E-state index is 9.94. The third-order valence-electron chi connectivity index (χ3n) is 3.84. The van der Waals surface area contributed by atoms with E-state index in [9.17, 15) is 5.11 Å². The number of hydrogen-bond donors (Lipinski definition) is 2. The molecule has 0 aromatic heterocycles. The Morgan fingerprint density at radius 3 is 2.82 bits per heavy atom. The van der Waals surface area contributed by atoms with Crippen molar-refractivity contribution in [1.82, 2.24) is 10.2 Å². The van der Waals surface area contributed by atoms with Gasteiger partial charge in [-0.2, -0.15) is 0 Å². The summed E-state index contributed by atoms with van der Waals surface area (Å²) in [5.74, 6) is 0.853. The molecule has 1 fully saturated rings.